The zero-order valence-electron chi connectivity index (χ0n) is 8.61. The Morgan fingerprint density at radius 3 is 2.82 bits per heavy atom. The number of nitrogens with one attached hydrogen (secondary N) is 1. The molecule has 3 nitrogen and oxygen atoms in total. The highest BCUT2D eigenvalue weighted by atomic mass is 79.9. The number of rotatable bonds is 3. The molecule has 0 aliphatic rings. The Balaban J connectivity index is 1.98. The van der Waals surface area contributed by atoms with Gasteiger partial charge in [0.15, 0.2) is 0 Å². The first-order valence-electron chi connectivity index (χ1n) is 4.79. The summed E-state index contributed by atoms with van der Waals surface area (Å²) in [6.45, 7) is 0.537. The lowest BCUT2D eigenvalue weighted by atomic mass is 10.2. The number of amides is 1. The quantitative estimate of drug-likeness (QED) is 0.832. The molecule has 0 radical (unpaired) electrons. The third-order valence-electron chi connectivity index (χ3n) is 2.04. The van der Waals surface area contributed by atoms with Crippen LogP contribution in [0.2, 0.25) is 0 Å². The predicted octanol–water partition coefficient (Wildman–Crippen LogP) is 3.60. The lowest BCUT2D eigenvalue weighted by Crippen LogP contribution is -2.22. The maximum absolute atomic E-state index is 11.8. The average Bonchev–Trinajstić information content (AvgIpc) is 2.72. The third-order valence-corrected chi connectivity index (χ3v) is 4.10. The second kappa shape index (κ2) is 5.75. The fourth-order valence-corrected chi connectivity index (χ4v) is 3.05. The molecule has 17 heavy (non-hydrogen) atoms. The second-order valence-electron chi connectivity index (χ2n) is 3.26. The summed E-state index contributed by atoms with van der Waals surface area (Å²) >= 11 is 8.23. The summed E-state index contributed by atoms with van der Waals surface area (Å²) < 4.78 is 1.72. The minimum Gasteiger partial charge on any atom is -0.347 e. The first-order valence-corrected chi connectivity index (χ1v) is 7.19. The minimum atomic E-state index is -0.0994. The molecule has 2 aromatic heterocycles. The van der Waals surface area contributed by atoms with E-state index in [2.05, 4.69) is 42.2 Å². The Bertz CT molecular complexity index is 542. The molecule has 1 amide bonds. The summed E-state index contributed by atoms with van der Waals surface area (Å²) in [6.07, 6.45) is 1.60. The standard InChI is InChI=1S/C11H8Br2N2OS/c12-9-5-7(3-4-14-9)11(16)15-6-8-1-2-10(13)17-8/h1-5H,6H2,(H,15,16). The Morgan fingerprint density at radius 1 is 1.35 bits per heavy atom. The molecule has 0 aromatic carbocycles. The van der Waals surface area contributed by atoms with Crippen LogP contribution in [0.3, 0.4) is 0 Å². The molecule has 6 heteroatoms. The number of aromatic nitrogens is 1. The van der Waals surface area contributed by atoms with Gasteiger partial charge in [-0.05, 0) is 56.1 Å². The average molecular weight is 376 g/mol. The Labute approximate surface area is 120 Å². The summed E-state index contributed by atoms with van der Waals surface area (Å²) in [4.78, 5) is 16.9. The van der Waals surface area contributed by atoms with E-state index in [1.54, 1.807) is 29.7 Å². The van der Waals surface area contributed by atoms with Crippen LogP contribution in [-0.4, -0.2) is 10.9 Å². The number of nitrogens with zero attached hydrogens (tertiary/aromatic N) is 1. The first-order chi connectivity index (χ1) is 8.15. The van der Waals surface area contributed by atoms with Crippen LogP contribution >= 0.6 is 43.2 Å². The number of hydrogen-bond donors (Lipinski definition) is 1. The van der Waals surface area contributed by atoms with Crippen molar-refractivity contribution in [3.05, 3.63) is 49.3 Å². The molecule has 0 atom stereocenters. The van der Waals surface area contributed by atoms with Crippen LogP contribution in [0.25, 0.3) is 0 Å². The zero-order chi connectivity index (χ0) is 12.3. The SMILES string of the molecule is O=C(NCc1ccc(Br)s1)c1ccnc(Br)c1. The molecule has 0 spiro atoms. The van der Waals surface area contributed by atoms with Crippen LogP contribution < -0.4 is 5.32 Å². The third kappa shape index (κ3) is 3.62. The highest BCUT2D eigenvalue weighted by Gasteiger charge is 2.06. The van der Waals surface area contributed by atoms with Crippen molar-refractivity contribution in [3.63, 3.8) is 0 Å². The number of carbonyl (C=O) groups is 1. The van der Waals surface area contributed by atoms with Crippen LogP contribution in [0.1, 0.15) is 15.2 Å². The molecule has 88 valence electrons. The van der Waals surface area contributed by atoms with Gasteiger partial charge in [-0.3, -0.25) is 4.79 Å². The molecule has 0 fully saturated rings. The number of hydrogen-bond acceptors (Lipinski definition) is 3. The van der Waals surface area contributed by atoms with Crippen LogP contribution in [-0.2, 0) is 6.54 Å². The van der Waals surface area contributed by atoms with Crippen LogP contribution in [0, 0.1) is 0 Å². The second-order valence-corrected chi connectivity index (χ2v) is 6.62. The lowest BCUT2D eigenvalue weighted by Gasteiger charge is -2.03. The molecule has 0 bridgehead atoms. The molecule has 0 saturated carbocycles. The van der Waals surface area contributed by atoms with Gasteiger partial charge in [0.05, 0.1) is 10.3 Å². The van der Waals surface area contributed by atoms with Crippen LogP contribution in [0.4, 0.5) is 0 Å². The van der Waals surface area contributed by atoms with Gasteiger partial charge in [0.25, 0.3) is 5.91 Å². The Kier molecular flexibility index (Phi) is 4.31. The maximum Gasteiger partial charge on any atom is 0.251 e. The molecule has 2 aromatic rings. The van der Waals surface area contributed by atoms with Crippen molar-refractivity contribution in [3.8, 4) is 0 Å². The molecular weight excluding hydrogens is 368 g/mol. The molecule has 0 aliphatic carbocycles. The minimum absolute atomic E-state index is 0.0994. The van der Waals surface area contributed by atoms with Crippen molar-refractivity contribution in [1.82, 2.24) is 10.3 Å². The van der Waals surface area contributed by atoms with E-state index in [4.69, 9.17) is 0 Å². The summed E-state index contributed by atoms with van der Waals surface area (Å²) in [5.41, 5.74) is 0.600. The summed E-state index contributed by atoms with van der Waals surface area (Å²) in [6, 6.07) is 7.33. The summed E-state index contributed by atoms with van der Waals surface area (Å²) in [5, 5.41) is 2.86. The maximum atomic E-state index is 11.8. The number of halogens is 2. The van der Waals surface area contributed by atoms with Crippen molar-refractivity contribution < 1.29 is 4.79 Å². The van der Waals surface area contributed by atoms with Gasteiger partial charge < -0.3 is 5.32 Å². The molecule has 0 unspecified atom stereocenters. The van der Waals surface area contributed by atoms with E-state index in [0.717, 1.165) is 8.66 Å². The van der Waals surface area contributed by atoms with Gasteiger partial charge in [-0.15, -0.1) is 11.3 Å². The van der Waals surface area contributed by atoms with E-state index in [1.807, 2.05) is 12.1 Å². The lowest BCUT2D eigenvalue weighted by molar-refractivity contribution is 0.0951. The Morgan fingerprint density at radius 2 is 2.18 bits per heavy atom. The zero-order valence-corrected chi connectivity index (χ0v) is 12.6. The van der Waals surface area contributed by atoms with Crippen molar-refractivity contribution in [2.75, 3.05) is 0 Å². The molecular formula is C11H8Br2N2OS. The topological polar surface area (TPSA) is 42.0 Å². The largest absolute Gasteiger partial charge is 0.347 e. The van der Waals surface area contributed by atoms with E-state index < -0.39 is 0 Å². The van der Waals surface area contributed by atoms with Gasteiger partial charge in [-0.25, -0.2) is 4.98 Å². The van der Waals surface area contributed by atoms with E-state index in [0.29, 0.717) is 16.7 Å². The smallest absolute Gasteiger partial charge is 0.251 e. The number of carbonyl (C=O) groups excluding carboxylic acids is 1. The molecule has 2 heterocycles. The van der Waals surface area contributed by atoms with Crippen LogP contribution in [0.5, 0.6) is 0 Å². The van der Waals surface area contributed by atoms with Crippen LogP contribution in [0.15, 0.2) is 38.9 Å². The highest BCUT2D eigenvalue weighted by molar-refractivity contribution is 9.11. The van der Waals surface area contributed by atoms with Crippen molar-refractivity contribution in [2.45, 2.75) is 6.54 Å². The number of thiophene rings is 1. The Hall–Kier alpha value is -0.720. The summed E-state index contributed by atoms with van der Waals surface area (Å²) in [5.74, 6) is -0.0994. The van der Waals surface area contributed by atoms with Crippen molar-refractivity contribution in [2.24, 2.45) is 0 Å². The van der Waals surface area contributed by atoms with E-state index >= 15 is 0 Å². The predicted molar refractivity (Wildman–Crippen MR) is 75.1 cm³/mol. The first kappa shape index (κ1) is 12.7. The molecule has 2 rings (SSSR count). The number of pyridine rings is 1. The highest BCUT2D eigenvalue weighted by Crippen LogP contribution is 2.21. The molecule has 0 saturated heterocycles. The van der Waals surface area contributed by atoms with Crippen molar-refractivity contribution >= 4 is 49.1 Å². The van der Waals surface area contributed by atoms with Gasteiger partial charge in [0.1, 0.15) is 4.60 Å². The van der Waals surface area contributed by atoms with E-state index in [1.165, 1.54) is 0 Å². The van der Waals surface area contributed by atoms with E-state index in [-0.39, 0.29) is 5.91 Å². The van der Waals surface area contributed by atoms with Gasteiger partial charge in [0, 0.05) is 16.6 Å². The van der Waals surface area contributed by atoms with E-state index in [9.17, 15) is 4.79 Å². The van der Waals surface area contributed by atoms with Gasteiger partial charge in [0.2, 0.25) is 0 Å². The fourth-order valence-electron chi connectivity index (χ4n) is 1.26. The van der Waals surface area contributed by atoms with Gasteiger partial charge in [-0.2, -0.15) is 0 Å². The summed E-state index contributed by atoms with van der Waals surface area (Å²) in [7, 11) is 0. The van der Waals surface area contributed by atoms with Gasteiger partial charge in [-0.1, -0.05) is 0 Å². The van der Waals surface area contributed by atoms with Gasteiger partial charge >= 0.3 is 0 Å². The molecule has 1 N–H and O–H groups in total. The monoisotopic (exact) mass is 374 g/mol. The normalized spacial score (nSPS) is 10.2. The molecule has 0 aliphatic heterocycles. The fraction of sp³-hybridized carbons (Fsp3) is 0.0909. The van der Waals surface area contributed by atoms with Crippen molar-refractivity contribution in [1.29, 1.82) is 0 Å².